The van der Waals surface area contributed by atoms with Crippen molar-refractivity contribution < 1.29 is 8.42 Å². The quantitative estimate of drug-likeness (QED) is 0.812. The molecular formula is C16H15N3O2S. The molecule has 112 valence electrons. The molecule has 0 spiro atoms. The number of nitrogens with zero attached hydrogens (tertiary/aromatic N) is 3. The van der Waals surface area contributed by atoms with E-state index < -0.39 is 10.0 Å². The normalized spacial score (nSPS) is 13.4. The number of aryl methyl sites for hydroxylation is 2. The molecule has 5 nitrogen and oxygen atoms in total. The first-order chi connectivity index (χ1) is 10.6. The van der Waals surface area contributed by atoms with Gasteiger partial charge in [-0.05, 0) is 54.7 Å². The number of pyridine rings is 1. The first-order valence-corrected chi connectivity index (χ1v) is 8.49. The van der Waals surface area contributed by atoms with Gasteiger partial charge in [0.2, 0.25) is 0 Å². The Morgan fingerprint density at radius 3 is 2.73 bits per heavy atom. The standard InChI is InChI=1S/C16H15N3O2S/c17-9-11-19(16-6-1-2-10-18-16)22(20,21)15-8-7-13-4-3-5-14(13)12-15/h1-2,6-8,10,12H,3-5,11H2. The van der Waals surface area contributed by atoms with E-state index in [9.17, 15) is 8.42 Å². The summed E-state index contributed by atoms with van der Waals surface area (Å²) in [6, 6.07) is 12.1. The summed E-state index contributed by atoms with van der Waals surface area (Å²) in [5.74, 6) is 0.254. The zero-order valence-electron chi connectivity index (χ0n) is 11.9. The van der Waals surface area contributed by atoms with E-state index in [4.69, 9.17) is 5.26 Å². The number of sulfonamides is 1. The van der Waals surface area contributed by atoms with Crippen LogP contribution in [0.3, 0.4) is 0 Å². The molecule has 0 aliphatic heterocycles. The first-order valence-electron chi connectivity index (χ1n) is 7.05. The summed E-state index contributed by atoms with van der Waals surface area (Å²) >= 11 is 0. The average Bonchev–Trinajstić information content (AvgIpc) is 3.00. The van der Waals surface area contributed by atoms with Gasteiger partial charge in [0.1, 0.15) is 12.4 Å². The van der Waals surface area contributed by atoms with Crippen LogP contribution in [0.4, 0.5) is 5.82 Å². The molecule has 3 rings (SSSR count). The Labute approximate surface area is 129 Å². The van der Waals surface area contributed by atoms with E-state index in [1.54, 1.807) is 30.3 Å². The molecule has 0 unspecified atom stereocenters. The van der Waals surface area contributed by atoms with Crippen molar-refractivity contribution in [1.82, 2.24) is 4.98 Å². The molecule has 0 bridgehead atoms. The number of aromatic nitrogens is 1. The van der Waals surface area contributed by atoms with Crippen molar-refractivity contribution in [2.24, 2.45) is 0 Å². The third-order valence-electron chi connectivity index (χ3n) is 3.78. The smallest absolute Gasteiger partial charge is 0.238 e. The first kappa shape index (κ1) is 14.5. The predicted octanol–water partition coefficient (Wildman–Crippen LogP) is 2.29. The lowest BCUT2D eigenvalue weighted by Crippen LogP contribution is -2.32. The van der Waals surface area contributed by atoms with Gasteiger partial charge in [-0.3, -0.25) is 0 Å². The lowest BCUT2D eigenvalue weighted by molar-refractivity contribution is 0.592. The summed E-state index contributed by atoms with van der Waals surface area (Å²) in [5.41, 5.74) is 2.29. The summed E-state index contributed by atoms with van der Waals surface area (Å²) in [6.45, 7) is -0.267. The maximum Gasteiger partial charge on any atom is 0.266 e. The van der Waals surface area contributed by atoms with Crippen molar-refractivity contribution in [3.8, 4) is 6.07 Å². The second-order valence-electron chi connectivity index (χ2n) is 5.14. The Bertz CT molecular complexity index is 826. The maximum atomic E-state index is 12.9. The number of nitriles is 1. The van der Waals surface area contributed by atoms with Gasteiger partial charge in [0.15, 0.2) is 0 Å². The molecule has 1 aliphatic rings. The molecule has 0 N–H and O–H groups in total. The Balaban J connectivity index is 2.05. The summed E-state index contributed by atoms with van der Waals surface area (Å²) in [5, 5.41) is 8.98. The number of fused-ring (bicyclic) bond motifs is 1. The van der Waals surface area contributed by atoms with Crippen LogP contribution in [0.1, 0.15) is 17.5 Å². The SMILES string of the molecule is N#CCN(c1ccccn1)S(=O)(=O)c1ccc2c(c1)CCC2. The van der Waals surface area contributed by atoms with E-state index in [1.807, 2.05) is 12.1 Å². The van der Waals surface area contributed by atoms with Crippen LogP contribution in [-0.4, -0.2) is 19.9 Å². The molecule has 22 heavy (non-hydrogen) atoms. The predicted molar refractivity (Wildman–Crippen MR) is 82.8 cm³/mol. The van der Waals surface area contributed by atoms with Crippen molar-refractivity contribution in [2.75, 3.05) is 10.8 Å². The molecule has 1 aliphatic carbocycles. The molecular weight excluding hydrogens is 298 g/mol. The van der Waals surface area contributed by atoms with Gasteiger partial charge < -0.3 is 0 Å². The van der Waals surface area contributed by atoms with Gasteiger partial charge in [-0.2, -0.15) is 5.26 Å². The Kier molecular flexibility index (Phi) is 3.82. The Hall–Kier alpha value is -2.39. The van der Waals surface area contributed by atoms with Gasteiger partial charge in [0, 0.05) is 6.20 Å². The third-order valence-corrected chi connectivity index (χ3v) is 5.52. The van der Waals surface area contributed by atoms with E-state index in [0.717, 1.165) is 29.1 Å². The number of benzene rings is 1. The number of anilines is 1. The van der Waals surface area contributed by atoms with Gasteiger partial charge >= 0.3 is 0 Å². The summed E-state index contributed by atoms with van der Waals surface area (Å²) in [4.78, 5) is 4.27. The van der Waals surface area contributed by atoms with Gasteiger partial charge in [0.25, 0.3) is 10.0 Å². The van der Waals surface area contributed by atoms with Crippen LogP contribution in [0.2, 0.25) is 0 Å². The van der Waals surface area contributed by atoms with E-state index in [1.165, 1.54) is 11.8 Å². The van der Waals surface area contributed by atoms with Crippen molar-refractivity contribution in [1.29, 1.82) is 5.26 Å². The second-order valence-corrected chi connectivity index (χ2v) is 7.00. The highest BCUT2D eigenvalue weighted by atomic mass is 32.2. The summed E-state index contributed by atoms with van der Waals surface area (Å²) < 4.78 is 26.8. The molecule has 2 aromatic rings. The average molecular weight is 313 g/mol. The second kappa shape index (κ2) is 5.78. The lowest BCUT2D eigenvalue weighted by Gasteiger charge is -2.20. The van der Waals surface area contributed by atoms with Crippen LogP contribution < -0.4 is 4.31 Å². The van der Waals surface area contributed by atoms with Crippen molar-refractivity contribution in [3.05, 3.63) is 53.7 Å². The van der Waals surface area contributed by atoms with E-state index in [2.05, 4.69) is 4.98 Å². The summed E-state index contributed by atoms with van der Waals surface area (Å²) in [7, 11) is -3.79. The van der Waals surface area contributed by atoms with Crippen LogP contribution in [0.15, 0.2) is 47.5 Å². The van der Waals surface area contributed by atoms with Crippen molar-refractivity contribution in [2.45, 2.75) is 24.2 Å². The van der Waals surface area contributed by atoms with Gasteiger partial charge in [-0.25, -0.2) is 17.7 Å². The summed E-state index contributed by atoms with van der Waals surface area (Å²) in [6.07, 6.45) is 4.47. The molecule has 6 heteroatoms. The molecule has 1 heterocycles. The highest BCUT2D eigenvalue weighted by Crippen LogP contribution is 2.27. The molecule has 0 radical (unpaired) electrons. The fourth-order valence-electron chi connectivity index (χ4n) is 2.69. The topological polar surface area (TPSA) is 74.1 Å². The molecule has 0 fully saturated rings. The minimum atomic E-state index is -3.79. The van der Waals surface area contributed by atoms with Crippen LogP contribution >= 0.6 is 0 Å². The van der Waals surface area contributed by atoms with Gasteiger partial charge in [-0.1, -0.05) is 12.1 Å². The van der Waals surface area contributed by atoms with E-state index in [-0.39, 0.29) is 17.3 Å². The molecule has 1 aromatic heterocycles. The van der Waals surface area contributed by atoms with E-state index >= 15 is 0 Å². The number of hydrogen-bond acceptors (Lipinski definition) is 4. The molecule has 1 aromatic carbocycles. The minimum absolute atomic E-state index is 0.217. The Morgan fingerprint density at radius 2 is 2.00 bits per heavy atom. The van der Waals surface area contributed by atoms with Crippen LogP contribution in [0.25, 0.3) is 0 Å². The van der Waals surface area contributed by atoms with Crippen LogP contribution in [0.5, 0.6) is 0 Å². The van der Waals surface area contributed by atoms with Gasteiger partial charge in [-0.15, -0.1) is 0 Å². The highest BCUT2D eigenvalue weighted by Gasteiger charge is 2.27. The van der Waals surface area contributed by atoms with Gasteiger partial charge in [0.05, 0.1) is 11.0 Å². The van der Waals surface area contributed by atoms with Crippen molar-refractivity contribution in [3.63, 3.8) is 0 Å². The minimum Gasteiger partial charge on any atom is -0.238 e. The Morgan fingerprint density at radius 1 is 1.18 bits per heavy atom. The third kappa shape index (κ3) is 2.55. The lowest BCUT2D eigenvalue weighted by atomic mass is 10.1. The van der Waals surface area contributed by atoms with Crippen molar-refractivity contribution >= 4 is 15.8 Å². The van der Waals surface area contributed by atoms with E-state index in [0.29, 0.717) is 0 Å². The van der Waals surface area contributed by atoms with Crippen LogP contribution in [0, 0.1) is 11.3 Å². The number of rotatable bonds is 4. The molecule has 0 saturated carbocycles. The largest absolute Gasteiger partial charge is 0.266 e. The maximum absolute atomic E-state index is 12.9. The fraction of sp³-hybridized carbons (Fsp3) is 0.250. The zero-order chi connectivity index (χ0) is 15.6. The molecule has 0 saturated heterocycles. The number of hydrogen-bond donors (Lipinski definition) is 0. The molecule has 0 amide bonds. The monoisotopic (exact) mass is 313 g/mol. The highest BCUT2D eigenvalue weighted by molar-refractivity contribution is 7.92. The molecule has 0 atom stereocenters. The van der Waals surface area contributed by atoms with Crippen LogP contribution in [-0.2, 0) is 22.9 Å². The zero-order valence-corrected chi connectivity index (χ0v) is 12.8. The fourth-order valence-corrected chi connectivity index (χ4v) is 4.06.